The molecular formula is C8H14O2. The Balaban J connectivity index is 2.63. The van der Waals surface area contributed by atoms with E-state index in [2.05, 4.69) is 6.92 Å². The zero-order chi connectivity index (χ0) is 7.56. The monoisotopic (exact) mass is 142 g/mol. The Kier molecular flexibility index (Phi) is 2.33. The van der Waals surface area contributed by atoms with Crippen molar-refractivity contribution in [2.45, 2.75) is 32.3 Å². The molecule has 1 unspecified atom stereocenters. The van der Waals surface area contributed by atoms with Gasteiger partial charge in [-0.05, 0) is 24.8 Å². The van der Waals surface area contributed by atoms with Gasteiger partial charge in [0.15, 0.2) is 0 Å². The molecule has 0 spiro atoms. The van der Waals surface area contributed by atoms with E-state index < -0.39 is 0 Å². The second kappa shape index (κ2) is 3.06. The third-order valence-electron chi connectivity index (χ3n) is 2.09. The van der Waals surface area contributed by atoms with E-state index in [9.17, 15) is 5.11 Å². The Bertz CT molecular complexity index is 149. The third-order valence-corrected chi connectivity index (χ3v) is 2.09. The highest BCUT2D eigenvalue weighted by atomic mass is 16.5. The van der Waals surface area contributed by atoms with Gasteiger partial charge < -0.3 is 9.84 Å². The van der Waals surface area contributed by atoms with Crippen molar-refractivity contribution in [1.29, 1.82) is 0 Å². The Morgan fingerprint density at radius 2 is 2.40 bits per heavy atom. The van der Waals surface area contributed by atoms with Gasteiger partial charge in [0, 0.05) is 7.11 Å². The predicted molar refractivity (Wildman–Crippen MR) is 40.0 cm³/mol. The highest BCUT2D eigenvalue weighted by Gasteiger charge is 2.23. The Labute approximate surface area is 61.5 Å². The molecule has 1 rings (SSSR count). The number of allylic oxidation sites excluding steroid dienone is 1. The smallest absolute Gasteiger partial charge is 0.120 e. The van der Waals surface area contributed by atoms with Gasteiger partial charge in [-0.1, -0.05) is 6.92 Å². The fourth-order valence-corrected chi connectivity index (χ4v) is 1.39. The Morgan fingerprint density at radius 3 is 2.70 bits per heavy atom. The lowest BCUT2D eigenvalue weighted by Crippen LogP contribution is -2.08. The summed E-state index contributed by atoms with van der Waals surface area (Å²) in [6, 6.07) is 0. The summed E-state index contributed by atoms with van der Waals surface area (Å²) < 4.78 is 5.05. The standard InChI is InChI=1S/C8H14O2/c1-3-6-4-5-7(10-2)8(6)9/h7,9H,3-5H2,1-2H3. The zero-order valence-corrected chi connectivity index (χ0v) is 6.55. The molecule has 0 radical (unpaired) electrons. The van der Waals surface area contributed by atoms with Gasteiger partial charge in [0.1, 0.15) is 11.9 Å². The lowest BCUT2D eigenvalue weighted by Gasteiger charge is -2.06. The van der Waals surface area contributed by atoms with Crippen LogP contribution in [0.25, 0.3) is 0 Å². The predicted octanol–water partition coefficient (Wildman–Crippen LogP) is 2.02. The molecular weight excluding hydrogens is 128 g/mol. The van der Waals surface area contributed by atoms with E-state index in [4.69, 9.17) is 4.74 Å². The molecule has 0 aromatic rings. The summed E-state index contributed by atoms with van der Waals surface area (Å²) in [5, 5.41) is 9.40. The van der Waals surface area contributed by atoms with Gasteiger partial charge in [-0.3, -0.25) is 0 Å². The van der Waals surface area contributed by atoms with Gasteiger partial charge in [0.25, 0.3) is 0 Å². The van der Waals surface area contributed by atoms with E-state index in [1.54, 1.807) is 7.11 Å². The fraction of sp³-hybridized carbons (Fsp3) is 0.750. The van der Waals surface area contributed by atoms with Crippen molar-refractivity contribution in [2.75, 3.05) is 7.11 Å². The van der Waals surface area contributed by atoms with Gasteiger partial charge in [-0.15, -0.1) is 0 Å². The summed E-state index contributed by atoms with van der Waals surface area (Å²) in [4.78, 5) is 0. The molecule has 1 aliphatic carbocycles. The minimum Gasteiger partial charge on any atom is -0.510 e. The van der Waals surface area contributed by atoms with E-state index in [0.717, 1.165) is 24.8 Å². The molecule has 0 saturated heterocycles. The first-order chi connectivity index (χ1) is 4.79. The van der Waals surface area contributed by atoms with Gasteiger partial charge in [0.05, 0.1) is 0 Å². The van der Waals surface area contributed by atoms with Crippen molar-refractivity contribution in [3.8, 4) is 0 Å². The minimum atomic E-state index is -0.0186. The number of rotatable bonds is 2. The number of aliphatic hydroxyl groups excluding tert-OH is 1. The quantitative estimate of drug-likeness (QED) is 0.639. The molecule has 58 valence electrons. The molecule has 0 fully saturated rings. The molecule has 0 aliphatic heterocycles. The summed E-state index contributed by atoms with van der Waals surface area (Å²) in [7, 11) is 1.64. The summed E-state index contributed by atoms with van der Waals surface area (Å²) in [6.07, 6.45) is 2.88. The molecule has 0 amide bonds. The molecule has 1 aliphatic rings. The van der Waals surface area contributed by atoms with E-state index in [0.29, 0.717) is 5.76 Å². The largest absolute Gasteiger partial charge is 0.510 e. The third kappa shape index (κ3) is 1.16. The van der Waals surface area contributed by atoms with Crippen LogP contribution in [-0.2, 0) is 4.74 Å². The van der Waals surface area contributed by atoms with Crippen LogP contribution in [0.3, 0.4) is 0 Å². The topological polar surface area (TPSA) is 29.5 Å². The van der Waals surface area contributed by atoms with Gasteiger partial charge in [0.2, 0.25) is 0 Å². The average Bonchev–Trinajstić information content (AvgIpc) is 2.30. The van der Waals surface area contributed by atoms with Crippen molar-refractivity contribution < 1.29 is 9.84 Å². The van der Waals surface area contributed by atoms with Crippen LogP contribution >= 0.6 is 0 Å². The lowest BCUT2D eigenvalue weighted by molar-refractivity contribution is 0.0971. The molecule has 2 heteroatoms. The minimum absolute atomic E-state index is 0.0186. The van der Waals surface area contributed by atoms with Crippen LogP contribution in [0.2, 0.25) is 0 Å². The van der Waals surface area contributed by atoms with Gasteiger partial charge in [-0.25, -0.2) is 0 Å². The van der Waals surface area contributed by atoms with E-state index in [1.165, 1.54) is 0 Å². The van der Waals surface area contributed by atoms with Crippen LogP contribution in [0, 0.1) is 0 Å². The first-order valence-electron chi connectivity index (χ1n) is 3.73. The number of methoxy groups -OCH3 is 1. The van der Waals surface area contributed by atoms with Crippen LogP contribution in [-0.4, -0.2) is 18.3 Å². The number of hydrogen-bond acceptors (Lipinski definition) is 2. The maximum atomic E-state index is 9.40. The first-order valence-corrected chi connectivity index (χ1v) is 3.73. The maximum Gasteiger partial charge on any atom is 0.120 e. The average molecular weight is 142 g/mol. The first kappa shape index (κ1) is 7.61. The molecule has 0 bridgehead atoms. The summed E-state index contributed by atoms with van der Waals surface area (Å²) in [5.41, 5.74) is 1.16. The second-order valence-electron chi connectivity index (χ2n) is 2.61. The molecule has 1 atom stereocenters. The van der Waals surface area contributed by atoms with E-state index in [-0.39, 0.29) is 6.10 Å². The zero-order valence-electron chi connectivity index (χ0n) is 6.55. The highest BCUT2D eigenvalue weighted by Crippen LogP contribution is 2.28. The van der Waals surface area contributed by atoms with Crippen LogP contribution in [0.15, 0.2) is 11.3 Å². The van der Waals surface area contributed by atoms with Crippen molar-refractivity contribution in [2.24, 2.45) is 0 Å². The normalized spacial score (nSPS) is 26.0. The number of hydrogen-bond donors (Lipinski definition) is 1. The Morgan fingerprint density at radius 1 is 1.70 bits per heavy atom. The van der Waals surface area contributed by atoms with E-state index >= 15 is 0 Å². The Hall–Kier alpha value is -0.500. The summed E-state index contributed by atoms with van der Waals surface area (Å²) in [5.74, 6) is 0.477. The summed E-state index contributed by atoms with van der Waals surface area (Å²) >= 11 is 0. The fourth-order valence-electron chi connectivity index (χ4n) is 1.39. The lowest BCUT2D eigenvalue weighted by atomic mass is 10.2. The van der Waals surface area contributed by atoms with Crippen molar-refractivity contribution in [1.82, 2.24) is 0 Å². The van der Waals surface area contributed by atoms with Crippen LogP contribution < -0.4 is 0 Å². The molecule has 0 aromatic heterocycles. The van der Waals surface area contributed by atoms with E-state index in [1.807, 2.05) is 0 Å². The van der Waals surface area contributed by atoms with Crippen LogP contribution in [0.5, 0.6) is 0 Å². The van der Waals surface area contributed by atoms with Gasteiger partial charge >= 0.3 is 0 Å². The van der Waals surface area contributed by atoms with Crippen LogP contribution in [0.1, 0.15) is 26.2 Å². The molecule has 1 N–H and O–H groups in total. The summed E-state index contributed by atoms with van der Waals surface area (Å²) in [6.45, 7) is 2.06. The molecule has 0 aromatic carbocycles. The van der Waals surface area contributed by atoms with Crippen molar-refractivity contribution >= 4 is 0 Å². The SMILES string of the molecule is CCC1=C(O)C(OC)CC1. The molecule has 0 heterocycles. The number of aliphatic hydroxyl groups is 1. The van der Waals surface area contributed by atoms with Crippen molar-refractivity contribution in [3.05, 3.63) is 11.3 Å². The van der Waals surface area contributed by atoms with Crippen molar-refractivity contribution in [3.63, 3.8) is 0 Å². The molecule has 10 heavy (non-hydrogen) atoms. The number of ether oxygens (including phenoxy) is 1. The maximum absolute atomic E-state index is 9.40. The molecule has 0 saturated carbocycles. The van der Waals surface area contributed by atoms with Gasteiger partial charge in [-0.2, -0.15) is 0 Å². The highest BCUT2D eigenvalue weighted by molar-refractivity contribution is 5.17. The second-order valence-corrected chi connectivity index (χ2v) is 2.61. The molecule has 2 nitrogen and oxygen atoms in total. The van der Waals surface area contributed by atoms with Crippen LogP contribution in [0.4, 0.5) is 0 Å².